The van der Waals surface area contributed by atoms with Crippen LogP contribution in [0.2, 0.25) is 0 Å². The molecule has 2 rings (SSSR count). The zero-order chi connectivity index (χ0) is 8.39. The van der Waals surface area contributed by atoms with E-state index in [1.807, 2.05) is 6.20 Å². The molecule has 2 N–H and O–H groups in total. The van der Waals surface area contributed by atoms with Crippen molar-refractivity contribution in [2.45, 2.75) is 12.3 Å². The summed E-state index contributed by atoms with van der Waals surface area (Å²) in [5, 5.41) is 9.69. The molecule has 1 aromatic heterocycles. The summed E-state index contributed by atoms with van der Waals surface area (Å²) in [7, 11) is 0. The first-order valence-electron chi connectivity index (χ1n) is 4.07. The zero-order valence-corrected chi connectivity index (χ0v) is 6.71. The summed E-state index contributed by atoms with van der Waals surface area (Å²) in [4.78, 5) is 11.1. The molecule has 0 bridgehead atoms. The Labute approximate surface area is 70.4 Å². The van der Waals surface area contributed by atoms with Gasteiger partial charge in [0.15, 0.2) is 0 Å². The van der Waals surface area contributed by atoms with Crippen molar-refractivity contribution in [1.82, 2.24) is 15.5 Å². The molecular weight excluding hydrogens is 154 g/mol. The van der Waals surface area contributed by atoms with E-state index in [2.05, 4.69) is 15.5 Å². The highest BCUT2D eigenvalue weighted by molar-refractivity contribution is 5.82. The molecule has 2 heterocycles. The van der Waals surface area contributed by atoms with E-state index in [1.54, 1.807) is 6.20 Å². The van der Waals surface area contributed by atoms with Gasteiger partial charge in [-0.15, -0.1) is 0 Å². The molecule has 0 aromatic carbocycles. The van der Waals surface area contributed by atoms with Crippen molar-refractivity contribution in [1.29, 1.82) is 0 Å². The minimum atomic E-state index is 0.285. The Morgan fingerprint density at radius 1 is 1.58 bits per heavy atom. The monoisotopic (exact) mass is 165 g/mol. The Morgan fingerprint density at radius 3 is 3.17 bits per heavy atom. The number of hydrogen-bond acceptors (Lipinski definition) is 3. The summed E-state index contributed by atoms with van der Waals surface area (Å²) in [6.07, 6.45) is 4.28. The normalized spacial score (nSPS) is 24.3. The lowest BCUT2D eigenvalue weighted by atomic mass is 9.93. The summed E-state index contributed by atoms with van der Waals surface area (Å²) in [6, 6.07) is 0. The molecular formula is C8H11N3O. The third-order valence-electron chi connectivity index (χ3n) is 2.18. The first-order valence-corrected chi connectivity index (χ1v) is 4.07. The number of H-pyrrole nitrogens is 1. The molecule has 1 fully saturated rings. The second kappa shape index (κ2) is 3.06. The van der Waals surface area contributed by atoms with Crippen LogP contribution >= 0.6 is 0 Å². The highest BCUT2D eigenvalue weighted by Crippen LogP contribution is 2.19. The Kier molecular flexibility index (Phi) is 1.91. The van der Waals surface area contributed by atoms with Crippen LogP contribution in [0.5, 0.6) is 0 Å². The van der Waals surface area contributed by atoms with Gasteiger partial charge >= 0.3 is 0 Å². The van der Waals surface area contributed by atoms with E-state index in [0.717, 1.165) is 12.1 Å². The van der Waals surface area contributed by atoms with Crippen molar-refractivity contribution in [3.8, 4) is 0 Å². The summed E-state index contributed by atoms with van der Waals surface area (Å²) in [6.45, 7) is 1.40. The number of aromatic amines is 1. The molecule has 1 unspecified atom stereocenters. The molecule has 1 atom stereocenters. The van der Waals surface area contributed by atoms with Gasteiger partial charge in [0.1, 0.15) is 5.78 Å². The SMILES string of the molecule is O=C1CNCC(c2cn[nH]c2)C1. The van der Waals surface area contributed by atoms with Gasteiger partial charge in [0, 0.05) is 25.1 Å². The maximum atomic E-state index is 11.1. The number of nitrogens with one attached hydrogen (secondary N) is 2. The third kappa shape index (κ3) is 1.38. The second-order valence-corrected chi connectivity index (χ2v) is 3.10. The van der Waals surface area contributed by atoms with E-state index in [0.29, 0.717) is 18.9 Å². The minimum absolute atomic E-state index is 0.285. The molecule has 0 aliphatic carbocycles. The van der Waals surface area contributed by atoms with Crippen LogP contribution in [0.1, 0.15) is 17.9 Å². The molecule has 1 saturated heterocycles. The van der Waals surface area contributed by atoms with Gasteiger partial charge in [-0.1, -0.05) is 0 Å². The molecule has 4 nitrogen and oxygen atoms in total. The van der Waals surface area contributed by atoms with Gasteiger partial charge in [-0.05, 0) is 5.56 Å². The average molecular weight is 165 g/mol. The second-order valence-electron chi connectivity index (χ2n) is 3.10. The van der Waals surface area contributed by atoms with Crippen LogP contribution < -0.4 is 5.32 Å². The van der Waals surface area contributed by atoms with Crippen molar-refractivity contribution in [3.05, 3.63) is 18.0 Å². The third-order valence-corrected chi connectivity index (χ3v) is 2.18. The highest BCUT2D eigenvalue weighted by Gasteiger charge is 2.20. The molecule has 12 heavy (non-hydrogen) atoms. The first kappa shape index (κ1) is 7.49. The van der Waals surface area contributed by atoms with Crippen molar-refractivity contribution in [2.24, 2.45) is 0 Å². The van der Waals surface area contributed by atoms with Crippen molar-refractivity contribution in [2.75, 3.05) is 13.1 Å². The van der Waals surface area contributed by atoms with Crippen LogP contribution in [-0.4, -0.2) is 29.1 Å². The van der Waals surface area contributed by atoms with Gasteiger partial charge in [0.2, 0.25) is 0 Å². The predicted octanol–water partition coefficient (Wildman–Crippen LogP) is 0.0557. The van der Waals surface area contributed by atoms with E-state index in [-0.39, 0.29) is 5.78 Å². The van der Waals surface area contributed by atoms with Crippen LogP contribution in [-0.2, 0) is 4.79 Å². The molecule has 0 radical (unpaired) electrons. The smallest absolute Gasteiger partial charge is 0.147 e. The van der Waals surface area contributed by atoms with Crippen LogP contribution in [0, 0.1) is 0 Å². The number of nitrogens with zero attached hydrogens (tertiary/aromatic N) is 1. The lowest BCUT2D eigenvalue weighted by Crippen LogP contribution is -2.35. The lowest BCUT2D eigenvalue weighted by molar-refractivity contribution is -0.119. The molecule has 0 spiro atoms. The van der Waals surface area contributed by atoms with Gasteiger partial charge < -0.3 is 5.32 Å². The van der Waals surface area contributed by atoms with Crippen molar-refractivity contribution >= 4 is 5.78 Å². The van der Waals surface area contributed by atoms with Gasteiger partial charge in [-0.3, -0.25) is 9.89 Å². The van der Waals surface area contributed by atoms with E-state index in [4.69, 9.17) is 0 Å². The predicted molar refractivity (Wildman–Crippen MR) is 43.8 cm³/mol. The standard InChI is InChI=1S/C8H11N3O/c12-8-1-6(2-9-5-8)7-3-10-11-4-7/h3-4,6,9H,1-2,5H2,(H,10,11). The number of aromatic nitrogens is 2. The van der Waals surface area contributed by atoms with E-state index < -0.39 is 0 Å². The lowest BCUT2D eigenvalue weighted by Gasteiger charge is -2.20. The number of piperidine rings is 1. The maximum Gasteiger partial charge on any atom is 0.147 e. The number of Topliss-reactive ketones (excluding diaryl/α,β-unsaturated/α-hetero) is 1. The van der Waals surface area contributed by atoms with E-state index in [9.17, 15) is 4.79 Å². The largest absolute Gasteiger partial charge is 0.309 e. The Hall–Kier alpha value is -1.16. The molecule has 1 aliphatic rings. The van der Waals surface area contributed by atoms with Gasteiger partial charge in [0.25, 0.3) is 0 Å². The van der Waals surface area contributed by atoms with Crippen LogP contribution in [0.15, 0.2) is 12.4 Å². The molecule has 1 aromatic rings. The van der Waals surface area contributed by atoms with E-state index >= 15 is 0 Å². The average Bonchev–Trinajstić information content (AvgIpc) is 2.56. The van der Waals surface area contributed by atoms with Crippen molar-refractivity contribution in [3.63, 3.8) is 0 Å². The quantitative estimate of drug-likeness (QED) is 0.618. The Morgan fingerprint density at radius 2 is 2.50 bits per heavy atom. The zero-order valence-electron chi connectivity index (χ0n) is 6.71. The fraction of sp³-hybridized carbons (Fsp3) is 0.500. The highest BCUT2D eigenvalue weighted by atomic mass is 16.1. The number of ketones is 1. The molecule has 0 amide bonds. The van der Waals surface area contributed by atoms with Gasteiger partial charge in [0.05, 0.1) is 12.7 Å². The van der Waals surface area contributed by atoms with Gasteiger partial charge in [-0.2, -0.15) is 5.10 Å². The fourth-order valence-electron chi connectivity index (χ4n) is 1.52. The number of carbonyl (C=O) groups is 1. The number of rotatable bonds is 1. The van der Waals surface area contributed by atoms with Gasteiger partial charge in [-0.25, -0.2) is 0 Å². The first-order chi connectivity index (χ1) is 5.86. The number of hydrogen-bond donors (Lipinski definition) is 2. The topological polar surface area (TPSA) is 57.8 Å². The van der Waals surface area contributed by atoms with Crippen LogP contribution in [0.3, 0.4) is 0 Å². The number of carbonyl (C=O) groups excluding carboxylic acids is 1. The maximum absolute atomic E-state index is 11.1. The molecule has 64 valence electrons. The Bertz CT molecular complexity index is 268. The van der Waals surface area contributed by atoms with E-state index in [1.165, 1.54) is 0 Å². The molecule has 4 heteroatoms. The molecule has 1 aliphatic heterocycles. The summed E-state index contributed by atoms with van der Waals surface area (Å²) in [5.74, 6) is 0.595. The fourth-order valence-corrected chi connectivity index (χ4v) is 1.52. The van der Waals surface area contributed by atoms with Crippen LogP contribution in [0.25, 0.3) is 0 Å². The molecule has 0 saturated carbocycles. The summed E-state index contributed by atoms with van der Waals surface area (Å²) >= 11 is 0. The summed E-state index contributed by atoms with van der Waals surface area (Å²) < 4.78 is 0. The Balaban J connectivity index is 2.09. The minimum Gasteiger partial charge on any atom is -0.309 e. The van der Waals surface area contributed by atoms with Crippen molar-refractivity contribution < 1.29 is 4.79 Å². The van der Waals surface area contributed by atoms with Crippen LogP contribution in [0.4, 0.5) is 0 Å². The summed E-state index contributed by atoms with van der Waals surface area (Å²) in [5.41, 5.74) is 1.12.